The van der Waals surface area contributed by atoms with E-state index in [2.05, 4.69) is 33.3 Å². The number of nitrogens with one attached hydrogen (secondary N) is 1. The van der Waals surface area contributed by atoms with E-state index in [0.29, 0.717) is 46.9 Å². The normalized spacial score (nSPS) is 28.5. The van der Waals surface area contributed by atoms with E-state index < -0.39 is 53.1 Å². The number of quaternary nitrogens is 1. The van der Waals surface area contributed by atoms with E-state index in [1.165, 1.54) is 27.2 Å². The van der Waals surface area contributed by atoms with Crippen molar-refractivity contribution >= 4 is 45.2 Å². The molecule has 1 aliphatic carbocycles. The number of piperidine rings is 1. The van der Waals surface area contributed by atoms with Crippen molar-refractivity contribution in [1.29, 1.82) is 0 Å². The Morgan fingerprint density at radius 2 is 1.76 bits per heavy atom. The van der Waals surface area contributed by atoms with E-state index in [-0.39, 0.29) is 56.8 Å². The number of nitrogens with zero attached hydrogens (tertiary/aromatic N) is 2. The lowest BCUT2D eigenvalue weighted by atomic mass is 9.85. The molecule has 5 aliphatic heterocycles. The van der Waals surface area contributed by atoms with Gasteiger partial charge >= 0.3 is 11.8 Å². The minimum absolute atomic E-state index is 0.00588. The topological polar surface area (TPSA) is 182 Å². The van der Waals surface area contributed by atoms with Crippen molar-refractivity contribution in [2.45, 2.75) is 112 Å². The summed E-state index contributed by atoms with van der Waals surface area (Å²) in [5.41, 5.74) is 0.680. The fourth-order valence-corrected chi connectivity index (χ4v) is 10.0. The molecule has 2 aromatic rings. The van der Waals surface area contributed by atoms with Crippen LogP contribution >= 0.6 is 0 Å². The van der Waals surface area contributed by atoms with Crippen molar-refractivity contribution < 1.29 is 56.8 Å². The lowest BCUT2D eigenvalue weighted by Crippen LogP contribution is -2.48. The molecular weight excluding hydrogens is 871 g/mol. The standard InChI is InChI=1S/C50H59N3O11.C2H6.CH4O/c1-26-13-11-14-28(3)49(57)52-42-43(55)39-38(41-47(42)62-36-23-33(16-17-34(36)51-41)59-25-32-15-12-19-53(8,9)24-32)40-46-30(5)45(39)63-37(22-27(2)21-26)44(61-31(6)54)29(4)35(58-10)18-20-60-50(7,64-46)48(40)56;2*1-2/h11,13-14,16-18,20,23,26-27,29,32,35,37,44H,12,15,19,21-22,24-25H2,1-10H3;1-2H3;2H,1H3/p+1/b13-11+,20-18+,28-14-;;/t26?,27-,29-,32?,35+,37?,44?,50+;;/m1../s1. The van der Waals surface area contributed by atoms with E-state index in [0.717, 1.165) is 43.9 Å². The minimum Gasteiger partial charge on any atom is -0.493 e. The number of benzene rings is 3. The summed E-state index contributed by atoms with van der Waals surface area (Å²) in [6, 6.07) is 5.32. The summed E-state index contributed by atoms with van der Waals surface area (Å²) >= 11 is 0. The van der Waals surface area contributed by atoms with E-state index in [9.17, 15) is 14.4 Å². The molecular formula is C53H70N3O12+. The molecule has 8 atom stereocenters. The molecule has 5 heterocycles. The number of esters is 1. The number of aliphatic hydroxyl groups is 1. The highest BCUT2D eigenvalue weighted by Crippen LogP contribution is 2.52. The van der Waals surface area contributed by atoms with Gasteiger partial charge in [0.05, 0.1) is 57.1 Å². The minimum atomic E-state index is -1.89. The molecule has 15 nitrogen and oxygen atoms in total. The fourth-order valence-electron chi connectivity index (χ4n) is 10.0. The van der Waals surface area contributed by atoms with Gasteiger partial charge in [0.25, 0.3) is 11.7 Å². The maximum atomic E-state index is 15.5. The van der Waals surface area contributed by atoms with E-state index in [4.69, 9.17) is 42.9 Å². The summed E-state index contributed by atoms with van der Waals surface area (Å²) in [4.78, 5) is 62.6. The number of amides is 1. The predicted molar refractivity (Wildman–Crippen MR) is 261 cm³/mol. The van der Waals surface area contributed by atoms with Crippen LogP contribution in [0.4, 0.5) is 5.69 Å². The van der Waals surface area contributed by atoms with Gasteiger partial charge in [-0.1, -0.05) is 52.8 Å². The van der Waals surface area contributed by atoms with Gasteiger partial charge in [-0.05, 0) is 69.6 Å². The first-order valence-electron chi connectivity index (χ1n) is 23.8. The highest BCUT2D eigenvalue weighted by molar-refractivity contribution is 6.22. The third kappa shape index (κ3) is 10.4. The monoisotopic (exact) mass is 940 g/mol. The van der Waals surface area contributed by atoms with Gasteiger partial charge in [-0.3, -0.25) is 19.2 Å². The number of ether oxygens (including phenoxy) is 6. The largest absolute Gasteiger partial charge is 0.493 e. The zero-order valence-corrected chi connectivity index (χ0v) is 41.9. The average Bonchev–Trinajstić information content (AvgIpc) is 3.57. The molecule has 2 N–H and O–H groups in total. The number of rotatable bonds is 5. The van der Waals surface area contributed by atoms with Crippen molar-refractivity contribution in [3.63, 3.8) is 0 Å². The second-order valence-electron chi connectivity index (χ2n) is 19.2. The van der Waals surface area contributed by atoms with Crippen LogP contribution in [-0.4, -0.2) is 104 Å². The van der Waals surface area contributed by atoms with Gasteiger partial charge in [0, 0.05) is 62.5 Å². The molecule has 2 aromatic carbocycles. The fraction of sp³-hybridized carbons (Fsp3) is 0.528. The molecule has 1 fully saturated rings. The number of methoxy groups -OCH3 is 1. The van der Waals surface area contributed by atoms with E-state index >= 15 is 4.79 Å². The van der Waals surface area contributed by atoms with E-state index in [1.807, 2.05) is 39.0 Å². The summed E-state index contributed by atoms with van der Waals surface area (Å²) in [6.45, 7) is 19.0. The number of ketones is 1. The molecule has 368 valence electrons. The van der Waals surface area contributed by atoms with Crippen molar-refractivity contribution in [1.82, 2.24) is 4.98 Å². The number of allylic oxidation sites excluding steroid dienone is 3. The van der Waals surface area contributed by atoms with Crippen LogP contribution in [-0.2, 0) is 23.8 Å². The molecule has 1 amide bonds. The maximum Gasteiger partial charge on any atom is 0.312 e. The zero-order chi connectivity index (χ0) is 49.8. The first kappa shape index (κ1) is 51.6. The van der Waals surface area contributed by atoms with Gasteiger partial charge in [-0.15, -0.1) is 0 Å². The summed E-state index contributed by atoms with van der Waals surface area (Å²) in [7, 11) is 7.00. The maximum absolute atomic E-state index is 15.5. The number of hydrogen-bond donors (Lipinski definition) is 2. The Bertz CT molecular complexity index is 2650. The third-order valence-electron chi connectivity index (χ3n) is 13.3. The van der Waals surface area contributed by atoms with Gasteiger partial charge < -0.3 is 47.7 Å². The lowest BCUT2D eigenvalue weighted by Gasteiger charge is -2.37. The number of Topliss-reactive ketones (excluding diaryl/α,β-unsaturated/α-hetero) is 1. The molecule has 6 aliphatic rings. The molecule has 0 saturated carbocycles. The van der Waals surface area contributed by atoms with Crippen LogP contribution in [0.25, 0.3) is 33.3 Å². The number of fused-ring (bicyclic) bond motifs is 8. The van der Waals surface area contributed by atoms with Crippen molar-refractivity contribution in [2.75, 3.05) is 53.3 Å². The summed E-state index contributed by atoms with van der Waals surface area (Å²) in [5, 5.41) is 9.95. The van der Waals surface area contributed by atoms with Crippen LogP contribution in [0.3, 0.4) is 0 Å². The quantitative estimate of drug-likeness (QED) is 0.0838. The van der Waals surface area contributed by atoms with Gasteiger partial charge in [0.1, 0.15) is 46.4 Å². The van der Waals surface area contributed by atoms with Crippen LogP contribution < -0.4 is 25.0 Å². The van der Waals surface area contributed by atoms with Crippen molar-refractivity contribution in [2.24, 2.45) is 23.7 Å². The highest BCUT2D eigenvalue weighted by atomic mass is 16.7. The van der Waals surface area contributed by atoms with Gasteiger partial charge in [-0.2, -0.15) is 0 Å². The average molecular weight is 941 g/mol. The lowest BCUT2D eigenvalue weighted by molar-refractivity contribution is -0.898. The predicted octanol–water partition coefficient (Wildman–Crippen LogP) is 8.93. The number of likely N-dealkylation sites (tertiary alicyclic amines) is 1. The SMILES string of the molecule is CC.CO.CO[C@H]1/C=C/O[C@@]2(C)Oc3c(C)c4c5c(=O)c(c6oc7cc(OCC8CCC[N+](C)(C)C8)ccc7nc-6c5c3C2=O)NC(=O)/C(C)=C\C=C\C(C)C[C@@H](C)CC(O4)C(OC(C)=O)[C@@H]1C. The summed E-state index contributed by atoms with van der Waals surface area (Å²) < 4.78 is 45.8. The van der Waals surface area contributed by atoms with Gasteiger partial charge in [0.15, 0.2) is 11.3 Å². The Morgan fingerprint density at radius 1 is 1.03 bits per heavy atom. The zero-order valence-electron chi connectivity index (χ0n) is 41.9. The number of aromatic nitrogens is 1. The summed E-state index contributed by atoms with van der Waals surface area (Å²) in [6.07, 6.45) is 9.49. The first-order chi connectivity index (χ1) is 32.4. The molecule has 8 rings (SSSR count). The molecule has 0 radical (unpaired) electrons. The van der Waals surface area contributed by atoms with Gasteiger partial charge in [0.2, 0.25) is 5.43 Å². The Kier molecular flexibility index (Phi) is 16.1. The van der Waals surface area contributed by atoms with Crippen LogP contribution in [0.15, 0.2) is 63.6 Å². The molecule has 6 bridgehead atoms. The molecule has 0 spiro atoms. The van der Waals surface area contributed by atoms with Crippen molar-refractivity contribution in [3.8, 4) is 28.7 Å². The van der Waals surface area contributed by atoms with Crippen LogP contribution in [0.1, 0.15) is 97.0 Å². The highest BCUT2D eigenvalue weighted by Gasteiger charge is 2.51. The number of aliphatic hydroxyl groups excluding tert-OH is 1. The Balaban J connectivity index is 0.00000185. The second kappa shape index (κ2) is 21.3. The van der Waals surface area contributed by atoms with Crippen molar-refractivity contribution in [3.05, 3.63) is 75.7 Å². The number of carbonyl (C=O) groups is 3. The second-order valence-corrected chi connectivity index (χ2v) is 19.2. The van der Waals surface area contributed by atoms with Crippen LogP contribution in [0.5, 0.6) is 17.2 Å². The number of anilines is 1. The van der Waals surface area contributed by atoms with Gasteiger partial charge in [-0.25, -0.2) is 4.98 Å². The molecule has 68 heavy (non-hydrogen) atoms. The smallest absolute Gasteiger partial charge is 0.312 e. The molecule has 4 unspecified atom stereocenters. The first-order valence-corrected chi connectivity index (χ1v) is 23.8. The Labute approximate surface area is 399 Å². The Morgan fingerprint density at radius 3 is 2.46 bits per heavy atom. The third-order valence-corrected chi connectivity index (χ3v) is 13.3. The molecule has 15 heteroatoms. The Hall–Kier alpha value is -5.77. The summed E-state index contributed by atoms with van der Waals surface area (Å²) in [5.74, 6) is -2.84. The molecule has 0 aromatic heterocycles. The van der Waals surface area contributed by atoms with E-state index in [1.54, 1.807) is 38.1 Å². The number of carbonyl (C=O) groups excluding carboxylic acids is 3. The van der Waals surface area contributed by atoms with Crippen LogP contribution in [0.2, 0.25) is 0 Å². The van der Waals surface area contributed by atoms with Crippen LogP contribution in [0, 0.1) is 30.6 Å². The molecule has 1 saturated heterocycles. The number of hydrogen-bond acceptors (Lipinski definition) is 13.